The molecule has 4 atom stereocenters. The van der Waals surface area contributed by atoms with Crippen LogP contribution in [0.25, 0.3) is 0 Å². The van der Waals surface area contributed by atoms with Gasteiger partial charge in [0.1, 0.15) is 0 Å². The van der Waals surface area contributed by atoms with E-state index >= 15 is 0 Å². The summed E-state index contributed by atoms with van der Waals surface area (Å²) in [5.74, 6) is 0. The van der Waals surface area contributed by atoms with E-state index in [0.29, 0.717) is 6.54 Å². The number of rotatable bonds is 4. The second-order valence-corrected chi connectivity index (χ2v) is 7.99. The molecule has 3 N–H and O–H groups in total. The van der Waals surface area contributed by atoms with E-state index in [1.807, 2.05) is 0 Å². The predicted octanol–water partition coefficient (Wildman–Crippen LogP) is 2.05. The van der Waals surface area contributed by atoms with Gasteiger partial charge >= 0.3 is 0 Å². The number of nitrogens with one attached hydrogen (secondary N) is 1. The number of β-amino-alcohol motifs (C(OH)–C–C–N with tert-alkyl or cyclic N) is 1. The third-order valence-electron chi connectivity index (χ3n) is 6.06. The lowest BCUT2D eigenvalue weighted by Crippen LogP contribution is -2.56. The molecule has 2 heterocycles. The molecule has 3 aliphatic rings. The maximum atomic E-state index is 10.4. The molecule has 0 bridgehead atoms. The second kappa shape index (κ2) is 7.52. The third-order valence-corrected chi connectivity index (χ3v) is 6.06. The Balaban J connectivity index is 1.41. The zero-order chi connectivity index (χ0) is 17.2. The molecule has 0 aromatic heterocycles. The summed E-state index contributed by atoms with van der Waals surface area (Å²) in [5, 5.41) is 24.4. The Kier molecular flexibility index (Phi) is 5.15. The fraction of sp³-hybridized carbons (Fsp3) is 0.700. The van der Waals surface area contributed by atoms with Gasteiger partial charge in [-0.3, -0.25) is 4.90 Å². The minimum Gasteiger partial charge on any atom is -0.392 e. The van der Waals surface area contributed by atoms with Crippen molar-refractivity contribution in [3.8, 4) is 0 Å². The van der Waals surface area contributed by atoms with E-state index in [4.69, 9.17) is 0 Å². The highest BCUT2D eigenvalue weighted by atomic mass is 16.3. The van der Waals surface area contributed by atoms with Crippen LogP contribution < -0.4 is 10.2 Å². The lowest BCUT2D eigenvalue weighted by atomic mass is 9.89. The number of hydrogen-bond donors (Lipinski definition) is 3. The van der Waals surface area contributed by atoms with Gasteiger partial charge in [0.05, 0.1) is 12.2 Å². The lowest BCUT2D eigenvalue weighted by Gasteiger charge is -2.44. The van der Waals surface area contributed by atoms with Gasteiger partial charge in [-0.15, -0.1) is 0 Å². The largest absolute Gasteiger partial charge is 0.392 e. The fourth-order valence-electron chi connectivity index (χ4n) is 4.60. The zero-order valence-electron chi connectivity index (χ0n) is 15.0. The normalized spacial score (nSPS) is 33.8. The maximum absolute atomic E-state index is 10.4. The quantitative estimate of drug-likeness (QED) is 0.780. The summed E-state index contributed by atoms with van der Waals surface area (Å²) in [5.41, 5.74) is 2.42. The van der Waals surface area contributed by atoms with Crippen molar-refractivity contribution in [2.45, 2.75) is 62.8 Å². The highest BCUT2D eigenvalue weighted by Crippen LogP contribution is 2.28. The average Bonchev–Trinajstić information content (AvgIpc) is 2.53. The van der Waals surface area contributed by atoms with Crippen LogP contribution in [0.5, 0.6) is 0 Å². The average molecular weight is 345 g/mol. The summed E-state index contributed by atoms with van der Waals surface area (Å²) >= 11 is 0. The van der Waals surface area contributed by atoms with Crippen LogP contribution in [0.2, 0.25) is 0 Å². The summed E-state index contributed by atoms with van der Waals surface area (Å²) in [6, 6.07) is 9.05. The van der Waals surface area contributed by atoms with Crippen molar-refractivity contribution in [1.29, 1.82) is 0 Å². The summed E-state index contributed by atoms with van der Waals surface area (Å²) in [6.07, 6.45) is 5.74. The molecule has 138 valence electrons. The molecule has 4 unspecified atom stereocenters. The van der Waals surface area contributed by atoms with Crippen LogP contribution in [-0.2, 0) is 0 Å². The molecule has 0 spiro atoms. The number of aliphatic hydroxyl groups is 2. The number of benzene rings is 1. The Bertz CT molecular complexity index is 578. The molecule has 3 fully saturated rings. The van der Waals surface area contributed by atoms with E-state index in [9.17, 15) is 10.2 Å². The number of aliphatic hydroxyl groups excluding tert-OH is 2. The molecule has 0 amide bonds. The highest BCUT2D eigenvalue weighted by Gasteiger charge is 2.34. The number of piperidine rings is 1. The van der Waals surface area contributed by atoms with Crippen molar-refractivity contribution >= 4 is 11.4 Å². The van der Waals surface area contributed by atoms with Gasteiger partial charge in [-0.2, -0.15) is 0 Å². The van der Waals surface area contributed by atoms with Crippen molar-refractivity contribution in [3.05, 3.63) is 24.3 Å². The number of anilines is 2. The number of nitrogens with zero attached hydrogens (tertiary/aromatic N) is 2. The van der Waals surface area contributed by atoms with E-state index in [-0.39, 0.29) is 24.3 Å². The molecule has 0 radical (unpaired) electrons. The van der Waals surface area contributed by atoms with Crippen molar-refractivity contribution in [2.75, 3.05) is 36.4 Å². The molecule has 5 nitrogen and oxygen atoms in total. The molecule has 1 aromatic carbocycles. The standard InChI is InChI=1S/C20H31N3O2/c24-18-12-16(13-23(14-18)19-7-1-2-8-20(19)25)21-15-5-3-6-17(11-15)22-9-4-10-22/h3,5-6,11,16,18-21,24-25H,1-2,4,7-10,12-14H2. The molecule has 5 heteroatoms. The molecule has 1 aromatic rings. The van der Waals surface area contributed by atoms with E-state index in [1.165, 1.54) is 18.5 Å². The molecule has 25 heavy (non-hydrogen) atoms. The van der Waals surface area contributed by atoms with Crippen molar-refractivity contribution in [2.24, 2.45) is 0 Å². The fourth-order valence-corrected chi connectivity index (χ4v) is 4.60. The molecule has 2 saturated heterocycles. The molecule has 1 saturated carbocycles. The van der Waals surface area contributed by atoms with Crippen LogP contribution in [0.1, 0.15) is 38.5 Å². The second-order valence-electron chi connectivity index (χ2n) is 7.99. The Morgan fingerprint density at radius 3 is 2.60 bits per heavy atom. The summed E-state index contributed by atoms with van der Waals surface area (Å²) in [4.78, 5) is 4.71. The van der Waals surface area contributed by atoms with Crippen LogP contribution in [0.15, 0.2) is 24.3 Å². The van der Waals surface area contributed by atoms with Gasteiger partial charge in [-0.05, 0) is 43.9 Å². The summed E-state index contributed by atoms with van der Waals surface area (Å²) in [6.45, 7) is 3.89. The topological polar surface area (TPSA) is 59.0 Å². The Morgan fingerprint density at radius 2 is 1.84 bits per heavy atom. The number of likely N-dealkylation sites (tertiary alicyclic amines) is 1. The number of hydrogen-bond acceptors (Lipinski definition) is 5. The van der Waals surface area contributed by atoms with Crippen molar-refractivity contribution in [3.63, 3.8) is 0 Å². The monoisotopic (exact) mass is 345 g/mol. The van der Waals surface area contributed by atoms with E-state index in [2.05, 4.69) is 39.4 Å². The van der Waals surface area contributed by atoms with Gasteiger partial charge in [-0.1, -0.05) is 18.9 Å². The van der Waals surface area contributed by atoms with Gasteiger partial charge in [0.15, 0.2) is 0 Å². The Labute approximate surface area is 150 Å². The van der Waals surface area contributed by atoms with Crippen LogP contribution >= 0.6 is 0 Å². The van der Waals surface area contributed by atoms with Gasteiger partial charge in [0, 0.05) is 49.6 Å². The van der Waals surface area contributed by atoms with Gasteiger partial charge in [-0.25, -0.2) is 0 Å². The van der Waals surface area contributed by atoms with Gasteiger partial charge in [0.25, 0.3) is 0 Å². The molecular weight excluding hydrogens is 314 g/mol. The van der Waals surface area contributed by atoms with E-state index in [0.717, 1.165) is 51.0 Å². The van der Waals surface area contributed by atoms with Crippen LogP contribution in [0.3, 0.4) is 0 Å². The first-order chi connectivity index (χ1) is 12.2. The summed E-state index contributed by atoms with van der Waals surface area (Å²) in [7, 11) is 0. The SMILES string of the molecule is OC1CC(Nc2cccc(N3CCC3)c2)CN(C2CCCCC2O)C1. The van der Waals surface area contributed by atoms with Crippen molar-refractivity contribution in [1.82, 2.24) is 4.90 Å². The lowest BCUT2D eigenvalue weighted by molar-refractivity contribution is -0.0238. The van der Waals surface area contributed by atoms with E-state index in [1.54, 1.807) is 0 Å². The molecule has 1 aliphatic carbocycles. The summed E-state index contributed by atoms with van der Waals surface area (Å²) < 4.78 is 0. The third kappa shape index (κ3) is 3.94. The van der Waals surface area contributed by atoms with E-state index < -0.39 is 0 Å². The van der Waals surface area contributed by atoms with Crippen LogP contribution in [0, 0.1) is 0 Å². The van der Waals surface area contributed by atoms with Crippen LogP contribution in [0.4, 0.5) is 11.4 Å². The van der Waals surface area contributed by atoms with Crippen LogP contribution in [-0.4, -0.2) is 65.6 Å². The minimum atomic E-state index is -0.320. The Morgan fingerprint density at radius 1 is 1.00 bits per heavy atom. The van der Waals surface area contributed by atoms with Gasteiger partial charge < -0.3 is 20.4 Å². The predicted molar refractivity (Wildman–Crippen MR) is 101 cm³/mol. The zero-order valence-corrected chi connectivity index (χ0v) is 15.0. The first-order valence-electron chi connectivity index (χ1n) is 9.91. The first kappa shape index (κ1) is 17.1. The maximum Gasteiger partial charge on any atom is 0.0695 e. The molecular formula is C20H31N3O2. The smallest absolute Gasteiger partial charge is 0.0695 e. The van der Waals surface area contributed by atoms with Crippen molar-refractivity contribution < 1.29 is 10.2 Å². The Hall–Kier alpha value is -1.30. The molecule has 4 rings (SSSR count). The minimum absolute atomic E-state index is 0.209. The first-order valence-corrected chi connectivity index (χ1v) is 9.91. The highest BCUT2D eigenvalue weighted by molar-refractivity contribution is 5.59. The molecule has 2 aliphatic heterocycles. The van der Waals surface area contributed by atoms with Gasteiger partial charge in [0.2, 0.25) is 0 Å².